The number of benzene rings is 1. The maximum absolute atomic E-state index is 13.2. The molecule has 29 heavy (non-hydrogen) atoms. The Morgan fingerprint density at radius 2 is 1.90 bits per heavy atom. The molecule has 0 saturated heterocycles. The van der Waals surface area contributed by atoms with Crippen molar-refractivity contribution in [1.29, 1.82) is 0 Å². The number of anilines is 1. The summed E-state index contributed by atoms with van der Waals surface area (Å²) >= 11 is 12.3. The van der Waals surface area contributed by atoms with Crippen LogP contribution in [0.3, 0.4) is 0 Å². The molecular weight excluding hydrogens is 429 g/mol. The number of hydrogen-bond acceptors (Lipinski definition) is 5. The zero-order valence-electron chi connectivity index (χ0n) is 15.0. The number of amides is 1. The number of fused-ring (bicyclic) bond motifs is 1. The lowest BCUT2D eigenvalue weighted by molar-refractivity contribution is -0.286. The molecule has 7 nitrogen and oxygen atoms in total. The Morgan fingerprint density at radius 1 is 1.21 bits per heavy atom. The van der Waals surface area contributed by atoms with Crippen molar-refractivity contribution < 1.29 is 23.0 Å². The van der Waals surface area contributed by atoms with Crippen molar-refractivity contribution in [2.24, 2.45) is 7.05 Å². The number of aryl methyl sites for hydroxylation is 2. The summed E-state index contributed by atoms with van der Waals surface area (Å²) in [6.45, 7) is 1.69. The normalized spacial score (nSPS) is 14.1. The molecule has 0 saturated carbocycles. The van der Waals surface area contributed by atoms with E-state index in [9.17, 15) is 13.6 Å². The van der Waals surface area contributed by atoms with Gasteiger partial charge in [0.15, 0.2) is 11.5 Å². The Hall–Kier alpha value is -2.91. The fraction of sp³-hybridized carbons (Fsp3) is 0.167. The first-order valence-electron chi connectivity index (χ1n) is 8.21. The monoisotopic (exact) mass is 440 g/mol. The summed E-state index contributed by atoms with van der Waals surface area (Å²) in [7, 11) is 1.61. The first kappa shape index (κ1) is 19.4. The molecule has 1 amide bonds. The summed E-state index contributed by atoms with van der Waals surface area (Å²) in [6, 6.07) is 5.75. The number of nitrogens with one attached hydrogen (secondary N) is 1. The number of aromatic nitrogens is 3. The van der Waals surface area contributed by atoms with Gasteiger partial charge in [-0.25, -0.2) is 4.98 Å². The molecule has 4 rings (SSSR count). The number of rotatable bonds is 3. The van der Waals surface area contributed by atoms with E-state index in [1.54, 1.807) is 26.1 Å². The number of halogens is 4. The summed E-state index contributed by atoms with van der Waals surface area (Å²) in [5.74, 6) is -0.490. The van der Waals surface area contributed by atoms with E-state index in [4.69, 9.17) is 23.2 Å². The molecule has 0 spiro atoms. The maximum Gasteiger partial charge on any atom is 0.586 e. The van der Waals surface area contributed by atoms with Crippen molar-refractivity contribution >= 4 is 34.9 Å². The third-order valence-corrected chi connectivity index (χ3v) is 4.94. The largest absolute Gasteiger partial charge is 0.586 e. The highest BCUT2D eigenvalue weighted by Gasteiger charge is 2.43. The molecular formula is C18H12Cl2F2N4O3. The van der Waals surface area contributed by atoms with Crippen LogP contribution < -0.4 is 14.8 Å². The smallest absolute Gasteiger partial charge is 0.395 e. The lowest BCUT2D eigenvalue weighted by Gasteiger charge is -2.08. The second kappa shape index (κ2) is 6.85. The topological polar surface area (TPSA) is 78.3 Å². The molecule has 1 aliphatic rings. The molecule has 0 atom stereocenters. The van der Waals surface area contributed by atoms with Gasteiger partial charge in [-0.3, -0.25) is 9.48 Å². The average molecular weight is 441 g/mol. The van der Waals surface area contributed by atoms with Crippen LogP contribution in [0.25, 0.3) is 11.1 Å². The number of carbonyl (C=O) groups excluding carboxylic acids is 1. The minimum Gasteiger partial charge on any atom is -0.395 e. The molecule has 0 aliphatic carbocycles. The minimum absolute atomic E-state index is 0.131. The molecule has 150 valence electrons. The number of alkyl halides is 2. The molecule has 3 aromatic rings. The first-order chi connectivity index (χ1) is 13.6. The standard InChI is InChI=1S/C18H12Cl2F2N4O3/c1-8-15(20)16(26(2)25-8)17(27)24-14-4-3-9(7-23-14)10-5-12-13(6-11(10)19)29-18(21,22)28-12/h3-7H,1-2H3,(H,23,24,27). The molecule has 1 aliphatic heterocycles. The van der Waals surface area contributed by atoms with Gasteiger partial charge in [-0.15, -0.1) is 8.78 Å². The van der Waals surface area contributed by atoms with Crippen molar-refractivity contribution in [2.75, 3.05) is 5.32 Å². The number of pyridine rings is 1. The summed E-state index contributed by atoms with van der Waals surface area (Å²) in [4.78, 5) is 16.6. The van der Waals surface area contributed by atoms with E-state index in [-0.39, 0.29) is 33.1 Å². The van der Waals surface area contributed by atoms with Crippen LogP contribution in [0.15, 0.2) is 30.5 Å². The highest BCUT2D eigenvalue weighted by Crippen LogP contribution is 2.46. The van der Waals surface area contributed by atoms with Crippen molar-refractivity contribution in [3.8, 4) is 22.6 Å². The van der Waals surface area contributed by atoms with Crippen molar-refractivity contribution in [3.63, 3.8) is 0 Å². The van der Waals surface area contributed by atoms with Gasteiger partial charge < -0.3 is 14.8 Å². The Bertz CT molecular complexity index is 1130. The summed E-state index contributed by atoms with van der Waals surface area (Å²) in [5.41, 5.74) is 1.69. The lowest BCUT2D eigenvalue weighted by atomic mass is 10.1. The number of nitrogens with zero attached hydrogens (tertiary/aromatic N) is 3. The van der Waals surface area contributed by atoms with Gasteiger partial charge in [0.05, 0.1) is 15.7 Å². The van der Waals surface area contributed by atoms with Crippen LogP contribution in [0.1, 0.15) is 16.2 Å². The Balaban J connectivity index is 1.57. The van der Waals surface area contributed by atoms with Crippen LogP contribution >= 0.6 is 23.2 Å². The molecule has 1 aromatic carbocycles. The first-order valence-corrected chi connectivity index (χ1v) is 8.96. The fourth-order valence-corrected chi connectivity index (χ4v) is 3.38. The van der Waals surface area contributed by atoms with E-state index in [1.807, 2.05) is 0 Å². The van der Waals surface area contributed by atoms with E-state index in [2.05, 4.69) is 24.9 Å². The second-order valence-electron chi connectivity index (χ2n) is 6.20. The zero-order valence-corrected chi connectivity index (χ0v) is 16.5. The quantitative estimate of drug-likeness (QED) is 0.639. The van der Waals surface area contributed by atoms with E-state index in [1.165, 1.54) is 23.0 Å². The van der Waals surface area contributed by atoms with Gasteiger partial charge in [-0.05, 0) is 25.1 Å². The van der Waals surface area contributed by atoms with Gasteiger partial charge in [-0.2, -0.15) is 5.10 Å². The predicted molar refractivity (Wildman–Crippen MR) is 102 cm³/mol. The van der Waals surface area contributed by atoms with Crippen LogP contribution in [0.2, 0.25) is 10.0 Å². The Kier molecular flexibility index (Phi) is 4.59. The Morgan fingerprint density at radius 3 is 2.48 bits per heavy atom. The third kappa shape index (κ3) is 3.58. The molecule has 1 N–H and O–H groups in total. The number of ether oxygens (including phenoxy) is 2. The van der Waals surface area contributed by atoms with Gasteiger partial charge in [0.25, 0.3) is 5.91 Å². The maximum atomic E-state index is 13.2. The Labute approximate surface area is 173 Å². The molecule has 3 heterocycles. The van der Waals surface area contributed by atoms with Gasteiger partial charge in [0.1, 0.15) is 11.5 Å². The minimum atomic E-state index is -3.73. The summed E-state index contributed by atoms with van der Waals surface area (Å²) in [6.07, 6.45) is -2.30. The van der Waals surface area contributed by atoms with Crippen LogP contribution in [-0.2, 0) is 7.05 Å². The number of hydrogen-bond donors (Lipinski definition) is 1. The van der Waals surface area contributed by atoms with Crippen molar-refractivity contribution in [3.05, 3.63) is 51.9 Å². The fourth-order valence-electron chi connectivity index (χ4n) is 2.87. The van der Waals surface area contributed by atoms with Crippen LogP contribution in [0, 0.1) is 6.92 Å². The molecule has 0 radical (unpaired) electrons. The lowest BCUT2D eigenvalue weighted by Crippen LogP contribution is -2.25. The van der Waals surface area contributed by atoms with E-state index in [0.717, 1.165) is 0 Å². The van der Waals surface area contributed by atoms with Gasteiger partial charge in [0, 0.05) is 30.4 Å². The van der Waals surface area contributed by atoms with E-state index < -0.39 is 12.2 Å². The van der Waals surface area contributed by atoms with Crippen LogP contribution in [0.4, 0.5) is 14.6 Å². The number of carbonyl (C=O) groups is 1. The average Bonchev–Trinajstić information content (AvgIpc) is 3.07. The van der Waals surface area contributed by atoms with Crippen LogP contribution in [-0.4, -0.2) is 27.0 Å². The highest BCUT2D eigenvalue weighted by atomic mass is 35.5. The zero-order chi connectivity index (χ0) is 20.9. The molecule has 0 bridgehead atoms. The molecule has 2 aromatic heterocycles. The highest BCUT2D eigenvalue weighted by molar-refractivity contribution is 6.34. The summed E-state index contributed by atoms with van der Waals surface area (Å²) in [5, 5.41) is 7.15. The summed E-state index contributed by atoms with van der Waals surface area (Å²) < 4.78 is 36.6. The van der Waals surface area contributed by atoms with Gasteiger partial charge in [0.2, 0.25) is 0 Å². The van der Waals surface area contributed by atoms with E-state index in [0.29, 0.717) is 16.8 Å². The van der Waals surface area contributed by atoms with Crippen LogP contribution in [0.5, 0.6) is 11.5 Å². The van der Waals surface area contributed by atoms with E-state index >= 15 is 0 Å². The van der Waals surface area contributed by atoms with Gasteiger partial charge >= 0.3 is 6.29 Å². The molecule has 0 fully saturated rings. The third-order valence-electron chi connectivity index (χ3n) is 4.17. The van der Waals surface area contributed by atoms with Gasteiger partial charge in [-0.1, -0.05) is 23.2 Å². The molecule has 0 unspecified atom stereocenters. The predicted octanol–water partition coefficient (Wildman–Crippen LogP) is 4.67. The SMILES string of the molecule is Cc1nn(C)c(C(=O)Nc2ccc(-c3cc4c(cc3Cl)OC(F)(F)O4)cn2)c1Cl. The second-order valence-corrected chi connectivity index (χ2v) is 6.99. The van der Waals surface area contributed by atoms with Crippen molar-refractivity contribution in [1.82, 2.24) is 14.8 Å². The molecule has 11 heteroatoms. The van der Waals surface area contributed by atoms with Crippen molar-refractivity contribution in [2.45, 2.75) is 13.2 Å².